The van der Waals surface area contributed by atoms with Gasteiger partial charge in [0.2, 0.25) is 11.8 Å². The Bertz CT molecular complexity index is 1300. The van der Waals surface area contributed by atoms with Gasteiger partial charge in [0.25, 0.3) is 0 Å². The molecule has 0 radical (unpaired) electrons. The van der Waals surface area contributed by atoms with Crippen molar-refractivity contribution in [2.75, 3.05) is 10.6 Å². The second kappa shape index (κ2) is 7.36. The minimum atomic E-state index is -4.59. The number of hydrogen-bond donors (Lipinski definition) is 2. The molecule has 5 rings (SSSR count). The van der Waals surface area contributed by atoms with Crippen molar-refractivity contribution in [3.8, 4) is 11.1 Å². The lowest BCUT2D eigenvalue weighted by atomic mass is 9.95. The molecule has 10 heteroatoms. The number of alkyl halides is 3. The number of benzene rings is 1. The number of nitrogens with one attached hydrogen (secondary N) is 2. The zero-order chi connectivity index (χ0) is 23.4. The SMILES string of the molecule is O=C(Cc1ccc(-c2cnc3c(c2)C2(CC2)C(=O)N3)cc1F)Nc1cncc(C(F)(F)F)c1. The largest absolute Gasteiger partial charge is 0.417 e. The molecule has 1 aromatic carbocycles. The topological polar surface area (TPSA) is 84.0 Å². The summed E-state index contributed by atoms with van der Waals surface area (Å²) in [6.07, 6.45) is -0.181. The molecule has 2 N–H and O–H groups in total. The molecule has 0 saturated heterocycles. The van der Waals surface area contributed by atoms with Crippen molar-refractivity contribution in [1.29, 1.82) is 0 Å². The summed E-state index contributed by atoms with van der Waals surface area (Å²) in [4.78, 5) is 32.2. The van der Waals surface area contributed by atoms with Gasteiger partial charge in [-0.15, -0.1) is 0 Å². The van der Waals surface area contributed by atoms with Crippen LogP contribution in [0.15, 0.2) is 48.9 Å². The Balaban J connectivity index is 1.32. The van der Waals surface area contributed by atoms with Crippen LogP contribution in [-0.2, 0) is 27.6 Å². The second-order valence-electron chi connectivity index (χ2n) is 8.15. The monoisotopic (exact) mass is 456 g/mol. The van der Waals surface area contributed by atoms with Crippen molar-refractivity contribution in [2.45, 2.75) is 30.9 Å². The van der Waals surface area contributed by atoms with Crippen LogP contribution in [0.3, 0.4) is 0 Å². The van der Waals surface area contributed by atoms with E-state index in [9.17, 15) is 27.2 Å². The van der Waals surface area contributed by atoms with E-state index in [0.717, 1.165) is 30.7 Å². The van der Waals surface area contributed by atoms with Gasteiger partial charge in [-0.1, -0.05) is 12.1 Å². The Labute approximate surface area is 185 Å². The van der Waals surface area contributed by atoms with Gasteiger partial charge in [0, 0.05) is 23.5 Å². The molecule has 1 aliphatic heterocycles. The summed E-state index contributed by atoms with van der Waals surface area (Å²) in [5.41, 5.74) is 0.416. The maximum atomic E-state index is 14.7. The summed E-state index contributed by atoms with van der Waals surface area (Å²) < 4.78 is 53.1. The molecule has 0 atom stereocenters. The number of fused-ring (bicyclic) bond motifs is 2. The van der Waals surface area contributed by atoms with Crippen LogP contribution in [-0.4, -0.2) is 21.8 Å². The molecule has 3 aromatic rings. The van der Waals surface area contributed by atoms with Crippen molar-refractivity contribution in [1.82, 2.24) is 9.97 Å². The minimum Gasteiger partial charge on any atom is -0.324 e. The van der Waals surface area contributed by atoms with Crippen molar-refractivity contribution in [3.05, 3.63) is 71.4 Å². The van der Waals surface area contributed by atoms with E-state index in [1.165, 1.54) is 12.1 Å². The lowest BCUT2D eigenvalue weighted by Crippen LogP contribution is -2.18. The molecule has 2 aliphatic rings. The average molecular weight is 456 g/mol. The van der Waals surface area contributed by atoms with Gasteiger partial charge < -0.3 is 10.6 Å². The van der Waals surface area contributed by atoms with Crippen molar-refractivity contribution < 1.29 is 27.2 Å². The molecule has 1 saturated carbocycles. The number of carbonyl (C=O) groups excluding carboxylic acids is 2. The molecular formula is C23H16F4N4O2. The van der Waals surface area contributed by atoms with Gasteiger partial charge in [-0.2, -0.15) is 13.2 Å². The normalized spacial score (nSPS) is 15.8. The fourth-order valence-corrected chi connectivity index (χ4v) is 3.97. The van der Waals surface area contributed by atoms with Gasteiger partial charge >= 0.3 is 6.18 Å². The number of halogens is 4. The highest BCUT2D eigenvalue weighted by Gasteiger charge is 2.56. The third-order valence-electron chi connectivity index (χ3n) is 5.91. The average Bonchev–Trinajstić information content (AvgIpc) is 3.52. The maximum Gasteiger partial charge on any atom is 0.417 e. The van der Waals surface area contributed by atoms with E-state index in [2.05, 4.69) is 20.6 Å². The summed E-state index contributed by atoms with van der Waals surface area (Å²) in [6.45, 7) is 0. The van der Waals surface area contributed by atoms with Crippen molar-refractivity contribution >= 4 is 23.3 Å². The highest BCUT2D eigenvalue weighted by Crippen LogP contribution is 2.55. The quantitative estimate of drug-likeness (QED) is 0.568. The first kappa shape index (κ1) is 21.0. The number of rotatable bonds is 4. The predicted molar refractivity (Wildman–Crippen MR) is 111 cm³/mol. The Morgan fingerprint density at radius 2 is 1.88 bits per heavy atom. The van der Waals surface area contributed by atoms with Crippen LogP contribution in [0.4, 0.5) is 29.1 Å². The van der Waals surface area contributed by atoms with E-state index in [1.807, 2.05) is 6.07 Å². The van der Waals surface area contributed by atoms with Crippen LogP contribution < -0.4 is 10.6 Å². The Morgan fingerprint density at radius 3 is 2.58 bits per heavy atom. The van der Waals surface area contributed by atoms with Crippen LogP contribution in [0.2, 0.25) is 0 Å². The summed E-state index contributed by atoms with van der Waals surface area (Å²) in [7, 11) is 0. The number of anilines is 2. The van der Waals surface area contributed by atoms with Gasteiger partial charge in [0.15, 0.2) is 0 Å². The second-order valence-corrected chi connectivity index (χ2v) is 8.15. The van der Waals surface area contributed by atoms with Gasteiger partial charge in [0.05, 0.1) is 29.3 Å². The smallest absolute Gasteiger partial charge is 0.324 e. The van der Waals surface area contributed by atoms with Gasteiger partial charge in [-0.05, 0) is 42.2 Å². The lowest BCUT2D eigenvalue weighted by molar-refractivity contribution is -0.137. The summed E-state index contributed by atoms with van der Waals surface area (Å²) in [6, 6.07) is 6.93. The van der Waals surface area contributed by atoms with E-state index >= 15 is 0 Å². The minimum absolute atomic E-state index is 0.0642. The molecule has 3 heterocycles. The van der Waals surface area contributed by atoms with Crippen LogP contribution in [0.5, 0.6) is 0 Å². The number of carbonyl (C=O) groups is 2. The first-order chi connectivity index (χ1) is 15.7. The Kier molecular flexibility index (Phi) is 4.70. The van der Waals surface area contributed by atoms with Gasteiger partial charge in [-0.25, -0.2) is 9.37 Å². The number of pyridine rings is 2. The summed E-state index contributed by atoms with van der Waals surface area (Å²) >= 11 is 0. The molecular weight excluding hydrogens is 440 g/mol. The van der Waals surface area contributed by atoms with Crippen LogP contribution in [0.25, 0.3) is 11.1 Å². The van der Waals surface area contributed by atoms with E-state index < -0.39 is 28.9 Å². The zero-order valence-corrected chi connectivity index (χ0v) is 17.0. The molecule has 2 amide bonds. The fraction of sp³-hybridized carbons (Fsp3) is 0.217. The molecule has 6 nitrogen and oxygen atoms in total. The van der Waals surface area contributed by atoms with Gasteiger partial charge in [0.1, 0.15) is 11.6 Å². The van der Waals surface area contributed by atoms with Crippen LogP contribution in [0.1, 0.15) is 29.5 Å². The number of hydrogen-bond acceptors (Lipinski definition) is 4. The standard InChI is InChI=1S/C23H16F4N4O2/c24-18-6-12(14-5-17-20(29-9-14)31-21(33)22(17)3-4-22)1-2-13(18)7-19(32)30-16-8-15(10-28-11-16)23(25,26)27/h1-2,5-6,8-11H,3-4,7H2,(H,30,32)(H,29,31,33). The zero-order valence-electron chi connectivity index (χ0n) is 17.0. The third kappa shape index (κ3) is 3.81. The lowest BCUT2D eigenvalue weighted by Gasteiger charge is -2.11. The molecule has 0 unspecified atom stereocenters. The highest BCUT2D eigenvalue weighted by molar-refractivity contribution is 6.07. The fourth-order valence-electron chi connectivity index (χ4n) is 3.97. The number of amides is 2. The molecule has 1 aliphatic carbocycles. The Morgan fingerprint density at radius 1 is 1.09 bits per heavy atom. The van der Waals surface area contributed by atoms with E-state index in [1.54, 1.807) is 12.3 Å². The summed E-state index contributed by atoms with van der Waals surface area (Å²) in [5, 5.41) is 5.07. The molecule has 1 spiro atoms. The number of aromatic nitrogens is 2. The van der Waals surface area contributed by atoms with Crippen LogP contribution >= 0.6 is 0 Å². The molecule has 1 fully saturated rings. The highest BCUT2D eigenvalue weighted by atomic mass is 19.4. The van der Waals surface area contributed by atoms with Crippen molar-refractivity contribution in [2.24, 2.45) is 0 Å². The molecule has 168 valence electrons. The Hall–Kier alpha value is -3.82. The van der Waals surface area contributed by atoms with Crippen LogP contribution in [0, 0.1) is 5.82 Å². The van der Waals surface area contributed by atoms with Crippen molar-refractivity contribution in [3.63, 3.8) is 0 Å². The van der Waals surface area contributed by atoms with Gasteiger partial charge in [-0.3, -0.25) is 14.6 Å². The number of nitrogens with zero attached hydrogens (tertiary/aromatic N) is 2. The molecule has 0 bridgehead atoms. The first-order valence-corrected chi connectivity index (χ1v) is 10.1. The maximum absolute atomic E-state index is 14.7. The first-order valence-electron chi connectivity index (χ1n) is 10.1. The molecule has 2 aromatic heterocycles. The summed E-state index contributed by atoms with van der Waals surface area (Å²) in [5.74, 6) is -0.854. The molecule has 33 heavy (non-hydrogen) atoms. The van der Waals surface area contributed by atoms with E-state index in [4.69, 9.17) is 0 Å². The van der Waals surface area contributed by atoms with E-state index in [-0.39, 0.29) is 23.6 Å². The third-order valence-corrected chi connectivity index (χ3v) is 5.91. The van der Waals surface area contributed by atoms with E-state index in [0.29, 0.717) is 23.1 Å². The predicted octanol–water partition coefficient (Wildman–Crippen LogP) is 4.47.